The molecular formula is C41H71NO14. The number of nitrogens with zero attached hydrogens (tertiary/aromatic N) is 1. The summed E-state index contributed by atoms with van der Waals surface area (Å²) in [6, 6.07) is -0.0344. The predicted molar refractivity (Wildman–Crippen MR) is 204 cm³/mol. The van der Waals surface area contributed by atoms with Gasteiger partial charge in [0, 0.05) is 52.7 Å². The second-order valence-electron chi connectivity index (χ2n) is 17.5. The first kappa shape index (κ1) is 46.7. The Labute approximate surface area is 334 Å². The zero-order valence-electron chi connectivity index (χ0n) is 36.7. The van der Waals surface area contributed by atoms with Crippen molar-refractivity contribution in [2.75, 3.05) is 42.5 Å². The third-order valence-electron chi connectivity index (χ3n) is 13.2. The zero-order valence-corrected chi connectivity index (χ0v) is 36.7. The van der Waals surface area contributed by atoms with E-state index in [-0.39, 0.29) is 43.3 Å². The van der Waals surface area contributed by atoms with E-state index in [1.54, 1.807) is 49.2 Å². The highest BCUT2D eigenvalue weighted by atomic mass is 16.8. The maximum atomic E-state index is 14.5. The fraction of sp³-hybridized carbons (Fsp3) is 0.927. The molecule has 0 N–H and O–H groups in total. The standard InChI is InChI=1S/C41H71NO14/c1-17-28-41(10)34(55-38(45)56-41)23(4)30(43)21(2)19-39(8,48-15)33(54-37-32(46-13)27(42(11)12)18-22(3)50-37)24(5)31(25(6)36(44)52-28)53-29-20-40(9,49-16)35(47-14)26(7)51-29/h21-29,31-35,37H,17-20H2,1-16H3/t21-,22-,23+,24+,25-,26+,27+,28+,29-,31-,32-,33-,34+,35+,37+,39-,40-,41-/m1/s1. The summed E-state index contributed by atoms with van der Waals surface area (Å²) in [4.78, 5) is 43.8. The Hall–Kier alpha value is -1.95. The molecule has 0 spiro atoms. The highest BCUT2D eigenvalue weighted by Gasteiger charge is 2.59. The molecule has 4 fully saturated rings. The first-order valence-corrected chi connectivity index (χ1v) is 20.2. The van der Waals surface area contributed by atoms with E-state index in [9.17, 15) is 14.4 Å². The van der Waals surface area contributed by atoms with Crippen LogP contribution in [0.3, 0.4) is 0 Å². The summed E-state index contributed by atoms with van der Waals surface area (Å²) in [5.41, 5.74) is -3.39. The Morgan fingerprint density at radius 3 is 1.95 bits per heavy atom. The molecule has 0 aromatic heterocycles. The van der Waals surface area contributed by atoms with Crippen LogP contribution in [0.2, 0.25) is 0 Å². The topological polar surface area (TPSA) is 156 Å². The van der Waals surface area contributed by atoms with Crippen molar-refractivity contribution in [3.63, 3.8) is 0 Å². The number of cyclic esters (lactones) is 1. The van der Waals surface area contributed by atoms with Gasteiger partial charge in [-0.2, -0.15) is 0 Å². The number of Topliss-reactive ketones (excluding diaryl/α,β-unsaturated/α-hetero) is 1. The Bertz CT molecular complexity index is 1350. The van der Waals surface area contributed by atoms with E-state index in [0.29, 0.717) is 0 Å². The fourth-order valence-corrected chi connectivity index (χ4v) is 9.88. The van der Waals surface area contributed by atoms with Gasteiger partial charge in [-0.1, -0.05) is 27.7 Å². The summed E-state index contributed by atoms with van der Waals surface area (Å²) >= 11 is 0. The van der Waals surface area contributed by atoms with Crippen molar-refractivity contribution in [3.8, 4) is 0 Å². The number of fused-ring (bicyclic) bond motifs is 1. The van der Waals surface area contributed by atoms with Crippen LogP contribution in [-0.4, -0.2) is 150 Å². The van der Waals surface area contributed by atoms with Gasteiger partial charge in [0.05, 0.1) is 47.5 Å². The van der Waals surface area contributed by atoms with Crippen LogP contribution >= 0.6 is 0 Å². The molecule has 15 nitrogen and oxygen atoms in total. The molecule has 0 radical (unpaired) electrons. The van der Waals surface area contributed by atoms with Crippen molar-refractivity contribution in [2.45, 2.75) is 179 Å². The van der Waals surface area contributed by atoms with Crippen molar-refractivity contribution in [1.82, 2.24) is 4.90 Å². The average molecular weight is 802 g/mol. The SMILES string of the molecule is CC[C@@H]1OC(=O)[C@H](C)[C@H](O[C@@H]2C[C@@](C)(OC)[C@@H](OC)[C@H](C)O2)[C@H](C)[C@@H](O[C@@H]2O[C@H](C)C[C@H](N(C)C)[C@H]2OC)[C@](C)(OC)C[C@@H](C)C(=O)[C@H](C)[C@@H]2OC(=O)O[C@]12C. The fourth-order valence-electron chi connectivity index (χ4n) is 9.88. The van der Waals surface area contributed by atoms with Crippen LogP contribution in [-0.2, 0) is 61.7 Å². The Balaban J connectivity index is 1.89. The molecule has 4 rings (SSSR count). The molecule has 56 heavy (non-hydrogen) atoms. The lowest BCUT2D eigenvalue weighted by atomic mass is 9.74. The van der Waals surface area contributed by atoms with Crippen molar-refractivity contribution in [2.24, 2.45) is 23.7 Å². The molecule has 4 heterocycles. The molecule has 0 unspecified atom stereocenters. The summed E-state index contributed by atoms with van der Waals surface area (Å²) < 4.78 is 69.0. The number of ether oxygens (including phenoxy) is 11. The minimum atomic E-state index is -1.44. The molecule has 0 aromatic carbocycles. The van der Waals surface area contributed by atoms with Crippen molar-refractivity contribution >= 4 is 17.9 Å². The third-order valence-corrected chi connectivity index (χ3v) is 13.2. The van der Waals surface area contributed by atoms with Crippen molar-refractivity contribution < 1.29 is 66.5 Å². The molecule has 0 saturated carbocycles. The van der Waals surface area contributed by atoms with Crippen LogP contribution < -0.4 is 0 Å². The van der Waals surface area contributed by atoms with Gasteiger partial charge in [-0.3, -0.25) is 9.59 Å². The van der Waals surface area contributed by atoms with Crippen LogP contribution in [0.4, 0.5) is 4.79 Å². The van der Waals surface area contributed by atoms with E-state index >= 15 is 0 Å². The van der Waals surface area contributed by atoms with Gasteiger partial charge in [0.1, 0.15) is 24.1 Å². The van der Waals surface area contributed by atoms with E-state index in [2.05, 4.69) is 4.90 Å². The van der Waals surface area contributed by atoms with Gasteiger partial charge in [-0.25, -0.2) is 4.79 Å². The number of methoxy groups -OCH3 is 4. The molecule has 15 heteroatoms. The predicted octanol–water partition coefficient (Wildman–Crippen LogP) is 4.93. The van der Waals surface area contributed by atoms with E-state index in [1.165, 1.54) is 0 Å². The summed E-state index contributed by atoms with van der Waals surface area (Å²) in [5.74, 6) is -3.72. The van der Waals surface area contributed by atoms with E-state index in [0.717, 1.165) is 6.42 Å². The molecule has 0 aliphatic carbocycles. The smallest absolute Gasteiger partial charge is 0.458 e. The van der Waals surface area contributed by atoms with E-state index in [1.807, 2.05) is 62.6 Å². The average Bonchev–Trinajstić information content (AvgIpc) is 3.46. The number of carbonyl (C=O) groups is 3. The maximum absolute atomic E-state index is 14.5. The number of esters is 1. The maximum Gasteiger partial charge on any atom is 0.509 e. The number of ketones is 1. The van der Waals surface area contributed by atoms with Gasteiger partial charge >= 0.3 is 12.1 Å². The molecule has 0 bridgehead atoms. The van der Waals surface area contributed by atoms with Gasteiger partial charge in [-0.15, -0.1) is 0 Å². The summed E-state index contributed by atoms with van der Waals surface area (Å²) in [6.07, 6.45) is -6.31. The van der Waals surface area contributed by atoms with E-state index in [4.69, 9.17) is 52.1 Å². The first-order valence-electron chi connectivity index (χ1n) is 20.2. The first-order chi connectivity index (χ1) is 26.1. The van der Waals surface area contributed by atoms with Crippen LogP contribution in [0.5, 0.6) is 0 Å². The van der Waals surface area contributed by atoms with Crippen LogP contribution in [0.15, 0.2) is 0 Å². The summed E-state index contributed by atoms with van der Waals surface area (Å²) in [7, 11) is 10.4. The van der Waals surface area contributed by atoms with Crippen molar-refractivity contribution in [3.05, 3.63) is 0 Å². The Kier molecular flexibility index (Phi) is 15.5. The monoisotopic (exact) mass is 801 g/mol. The lowest BCUT2D eigenvalue weighted by molar-refractivity contribution is -0.322. The van der Waals surface area contributed by atoms with E-state index < -0.39 is 102 Å². The molecule has 18 atom stereocenters. The molecular weight excluding hydrogens is 730 g/mol. The quantitative estimate of drug-likeness (QED) is 0.274. The van der Waals surface area contributed by atoms with Crippen LogP contribution in [0.25, 0.3) is 0 Å². The normalized spacial score (nSPS) is 47.1. The number of hydrogen-bond acceptors (Lipinski definition) is 15. The molecule has 4 aliphatic rings. The minimum absolute atomic E-state index is 0.0344. The Morgan fingerprint density at radius 1 is 0.768 bits per heavy atom. The summed E-state index contributed by atoms with van der Waals surface area (Å²) in [6.45, 7) is 18.4. The highest BCUT2D eigenvalue weighted by molar-refractivity contribution is 5.84. The largest absolute Gasteiger partial charge is 0.509 e. The number of hydrogen-bond donors (Lipinski definition) is 0. The number of rotatable bonds is 10. The molecule has 0 aromatic rings. The molecule has 324 valence electrons. The van der Waals surface area contributed by atoms with Gasteiger partial charge in [0.25, 0.3) is 0 Å². The van der Waals surface area contributed by atoms with Crippen LogP contribution in [0.1, 0.15) is 94.9 Å². The zero-order chi connectivity index (χ0) is 42.1. The lowest BCUT2D eigenvalue weighted by Gasteiger charge is -2.50. The number of carbonyl (C=O) groups excluding carboxylic acids is 3. The molecule has 4 aliphatic heterocycles. The molecule has 4 saturated heterocycles. The van der Waals surface area contributed by atoms with Gasteiger partial charge in [0.2, 0.25) is 0 Å². The molecule has 0 amide bonds. The number of likely N-dealkylation sites (N-methyl/N-ethyl adjacent to an activating group) is 1. The highest BCUT2D eigenvalue weighted by Crippen LogP contribution is 2.44. The van der Waals surface area contributed by atoms with Gasteiger partial charge < -0.3 is 57.0 Å². The Morgan fingerprint density at radius 2 is 1.39 bits per heavy atom. The summed E-state index contributed by atoms with van der Waals surface area (Å²) in [5, 5.41) is 0. The lowest BCUT2D eigenvalue weighted by Crippen LogP contribution is -2.61. The second-order valence-corrected chi connectivity index (χ2v) is 17.5. The van der Waals surface area contributed by atoms with Crippen molar-refractivity contribution in [1.29, 1.82) is 0 Å². The third kappa shape index (κ3) is 9.26. The second kappa shape index (κ2) is 18.5. The minimum Gasteiger partial charge on any atom is -0.458 e. The van der Waals surface area contributed by atoms with Crippen LogP contribution in [0, 0.1) is 23.7 Å². The van der Waals surface area contributed by atoms with Gasteiger partial charge in [-0.05, 0) is 74.9 Å². The van der Waals surface area contributed by atoms with Gasteiger partial charge in [0.15, 0.2) is 24.3 Å².